The summed E-state index contributed by atoms with van der Waals surface area (Å²) in [4.78, 5) is 8.86. The van der Waals surface area contributed by atoms with Gasteiger partial charge in [-0.25, -0.2) is 4.98 Å². The van der Waals surface area contributed by atoms with Crippen LogP contribution in [-0.4, -0.2) is 23.1 Å². The van der Waals surface area contributed by atoms with Gasteiger partial charge in [0.15, 0.2) is 0 Å². The van der Waals surface area contributed by atoms with Crippen LogP contribution < -0.4 is 10.1 Å². The topological polar surface area (TPSA) is 47.0 Å². The van der Waals surface area contributed by atoms with E-state index in [0.717, 1.165) is 30.5 Å². The Balaban J connectivity index is 1.80. The third-order valence-corrected chi connectivity index (χ3v) is 4.17. The lowest BCUT2D eigenvalue weighted by atomic mass is 9.81. The molecule has 2 rings (SSSR count). The number of hydrogen-bond donors (Lipinski definition) is 1. The second-order valence-corrected chi connectivity index (χ2v) is 6.37. The summed E-state index contributed by atoms with van der Waals surface area (Å²) in [5, 5.41) is 3.36. The highest BCUT2D eigenvalue weighted by Gasteiger charge is 2.18. The molecule has 1 aromatic rings. The first-order valence-corrected chi connectivity index (χ1v) is 8.39. The Kier molecular flexibility index (Phi) is 6.27. The normalized spacial score (nSPS) is 22.0. The van der Waals surface area contributed by atoms with Gasteiger partial charge in [0, 0.05) is 18.3 Å². The molecule has 2 atom stereocenters. The Labute approximate surface area is 128 Å². The average Bonchev–Trinajstić information content (AvgIpc) is 2.45. The molecule has 0 aliphatic heterocycles. The molecule has 0 radical (unpaired) electrons. The van der Waals surface area contributed by atoms with Gasteiger partial charge < -0.3 is 10.1 Å². The summed E-state index contributed by atoms with van der Waals surface area (Å²) in [6.07, 6.45) is 7.76. The van der Waals surface area contributed by atoms with Gasteiger partial charge in [0.05, 0.1) is 6.61 Å². The molecular weight excluding hydrogens is 262 g/mol. The summed E-state index contributed by atoms with van der Waals surface area (Å²) in [6.45, 7) is 8.11. The van der Waals surface area contributed by atoms with E-state index in [-0.39, 0.29) is 0 Å². The van der Waals surface area contributed by atoms with Crippen LogP contribution in [0.4, 0.5) is 5.95 Å². The van der Waals surface area contributed by atoms with Crippen molar-refractivity contribution in [3.8, 4) is 5.88 Å². The second-order valence-electron chi connectivity index (χ2n) is 6.37. The van der Waals surface area contributed by atoms with Crippen molar-refractivity contribution in [2.24, 2.45) is 11.8 Å². The lowest BCUT2D eigenvalue weighted by Gasteiger charge is -2.26. The molecule has 1 fully saturated rings. The van der Waals surface area contributed by atoms with Gasteiger partial charge in [0.2, 0.25) is 11.8 Å². The molecule has 0 saturated heterocycles. The molecule has 1 N–H and O–H groups in total. The largest absolute Gasteiger partial charge is 0.478 e. The summed E-state index contributed by atoms with van der Waals surface area (Å²) in [5.41, 5.74) is 0.949. The van der Waals surface area contributed by atoms with E-state index in [9.17, 15) is 0 Å². The van der Waals surface area contributed by atoms with Crippen molar-refractivity contribution in [2.75, 3.05) is 18.5 Å². The zero-order valence-corrected chi connectivity index (χ0v) is 13.7. The highest BCUT2D eigenvalue weighted by atomic mass is 16.5. The Morgan fingerprint density at radius 1 is 1.33 bits per heavy atom. The van der Waals surface area contributed by atoms with Crippen LogP contribution in [0.5, 0.6) is 5.88 Å². The number of ether oxygens (including phenoxy) is 1. The maximum atomic E-state index is 5.60. The van der Waals surface area contributed by atoms with Crippen molar-refractivity contribution >= 4 is 5.95 Å². The monoisotopic (exact) mass is 291 g/mol. The van der Waals surface area contributed by atoms with Gasteiger partial charge in [-0.15, -0.1) is 0 Å². The van der Waals surface area contributed by atoms with Crippen LogP contribution in [0.2, 0.25) is 0 Å². The Bertz CT molecular complexity index is 436. The van der Waals surface area contributed by atoms with E-state index < -0.39 is 0 Å². The number of nitrogens with one attached hydrogen (secondary N) is 1. The quantitative estimate of drug-likeness (QED) is 0.817. The molecule has 1 heterocycles. The Hall–Kier alpha value is -1.32. The lowest BCUT2D eigenvalue weighted by Crippen LogP contribution is -2.17. The molecule has 4 nitrogen and oxygen atoms in total. The first-order chi connectivity index (χ1) is 10.2. The zero-order chi connectivity index (χ0) is 15.1. The first-order valence-electron chi connectivity index (χ1n) is 8.39. The molecule has 0 spiro atoms. The van der Waals surface area contributed by atoms with E-state index >= 15 is 0 Å². The van der Waals surface area contributed by atoms with Crippen LogP contribution in [0, 0.1) is 18.8 Å². The second kappa shape index (κ2) is 8.20. The molecule has 21 heavy (non-hydrogen) atoms. The highest BCUT2D eigenvalue weighted by molar-refractivity contribution is 5.30. The number of aryl methyl sites for hydroxylation is 1. The molecule has 0 amide bonds. The van der Waals surface area contributed by atoms with Crippen molar-refractivity contribution in [1.29, 1.82) is 0 Å². The average molecular weight is 291 g/mol. The van der Waals surface area contributed by atoms with Crippen LogP contribution in [0.3, 0.4) is 0 Å². The number of nitrogens with zero attached hydrogens (tertiary/aromatic N) is 2. The summed E-state index contributed by atoms with van der Waals surface area (Å²) < 4.78 is 5.60. The summed E-state index contributed by atoms with van der Waals surface area (Å²) in [5.74, 6) is 3.14. The van der Waals surface area contributed by atoms with Crippen molar-refractivity contribution in [2.45, 2.75) is 59.3 Å². The lowest BCUT2D eigenvalue weighted by molar-refractivity contribution is 0.274. The maximum Gasteiger partial charge on any atom is 0.226 e. The van der Waals surface area contributed by atoms with Gasteiger partial charge in [-0.3, -0.25) is 0 Å². The number of hydrogen-bond acceptors (Lipinski definition) is 4. The SMILES string of the molecule is CCCOc1cc(C)nc(NCCC2CCCC(C)C2)n1. The molecule has 0 aromatic carbocycles. The van der Waals surface area contributed by atoms with Crippen LogP contribution in [0.25, 0.3) is 0 Å². The fraction of sp³-hybridized carbons (Fsp3) is 0.765. The number of aromatic nitrogens is 2. The molecule has 1 aliphatic rings. The van der Waals surface area contributed by atoms with Crippen molar-refractivity contribution in [3.05, 3.63) is 11.8 Å². The summed E-state index contributed by atoms with van der Waals surface area (Å²) in [7, 11) is 0. The van der Waals surface area contributed by atoms with Crippen LogP contribution in [0.15, 0.2) is 6.07 Å². The van der Waals surface area contributed by atoms with Crippen LogP contribution >= 0.6 is 0 Å². The minimum absolute atomic E-state index is 0.679. The molecule has 2 unspecified atom stereocenters. The third-order valence-electron chi connectivity index (χ3n) is 4.17. The van der Waals surface area contributed by atoms with Gasteiger partial charge >= 0.3 is 0 Å². The van der Waals surface area contributed by atoms with Gasteiger partial charge in [-0.05, 0) is 38.0 Å². The van der Waals surface area contributed by atoms with E-state index in [0.29, 0.717) is 18.4 Å². The predicted molar refractivity (Wildman–Crippen MR) is 86.8 cm³/mol. The van der Waals surface area contributed by atoms with Gasteiger partial charge in [-0.2, -0.15) is 4.98 Å². The molecular formula is C17H29N3O. The van der Waals surface area contributed by atoms with E-state index in [2.05, 4.69) is 29.1 Å². The molecule has 1 aromatic heterocycles. The molecule has 0 bridgehead atoms. The summed E-state index contributed by atoms with van der Waals surface area (Å²) in [6, 6.07) is 1.89. The minimum Gasteiger partial charge on any atom is -0.478 e. The highest BCUT2D eigenvalue weighted by Crippen LogP contribution is 2.30. The fourth-order valence-electron chi connectivity index (χ4n) is 3.11. The zero-order valence-electron chi connectivity index (χ0n) is 13.7. The predicted octanol–water partition coefficient (Wildman–Crippen LogP) is 4.20. The molecule has 1 aliphatic carbocycles. The number of rotatable bonds is 7. The van der Waals surface area contributed by atoms with Gasteiger partial charge in [0.25, 0.3) is 0 Å². The van der Waals surface area contributed by atoms with Crippen LogP contribution in [0.1, 0.15) is 58.1 Å². The van der Waals surface area contributed by atoms with E-state index in [1.807, 2.05) is 13.0 Å². The minimum atomic E-state index is 0.679. The van der Waals surface area contributed by atoms with E-state index in [1.54, 1.807) is 0 Å². The first kappa shape index (κ1) is 16.1. The Morgan fingerprint density at radius 3 is 2.95 bits per heavy atom. The van der Waals surface area contributed by atoms with Crippen molar-refractivity contribution in [3.63, 3.8) is 0 Å². The smallest absolute Gasteiger partial charge is 0.226 e. The van der Waals surface area contributed by atoms with Crippen LogP contribution in [-0.2, 0) is 0 Å². The molecule has 1 saturated carbocycles. The third kappa shape index (κ3) is 5.52. The Morgan fingerprint density at radius 2 is 2.19 bits per heavy atom. The molecule has 118 valence electrons. The summed E-state index contributed by atoms with van der Waals surface area (Å²) >= 11 is 0. The van der Waals surface area contributed by atoms with Gasteiger partial charge in [0.1, 0.15) is 0 Å². The van der Waals surface area contributed by atoms with E-state index in [4.69, 9.17) is 4.74 Å². The number of anilines is 1. The standard InChI is InChI=1S/C17H29N3O/c1-4-10-21-16-12-14(3)19-17(20-16)18-9-8-15-7-5-6-13(2)11-15/h12-13,15H,4-11H2,1-3H3,(H,18,19,20). The molecule has 4 heteroatoms. The van der Waals surface area contributed by atoms with E-state index in [1.165, 1.54) is 32.1 Å². The van der Waals surface area contributed by atoms with Crippen molar-refractivity contribution < 1.29 is 4.74 Å². The van der Waals surface area contributed by atoms with Crippen molar-refractivity contribution in [1.82, 2.24) is 9.97 Å². The van der Waals surface area contributed by atoms with Gasteiger partial charge in [-0.1, -0.05) is 33.1 Å². The maximum absolute atomic E-state index is 5.60. The fourth-order valence-corrected chi connectivity index (χ4v) is 3.11.